The standard InChI is InChI=1S/C53H90O22/c1-23(2)10-9-14-53(8,75-47-43(67)39(63)37(61)29(72-47)22-68-45-41(65)36(60)28(21-56)69-45)24-11-16-52(7)33(24)25(57)18-31-50(5)15-13-32(49(3,4)30(50)12-17-51(31,52)6)73-48-44(40(64)35(59)27(20-55)71-48)74-46-42(66)38(62)34(58)26(19-54)70-46/h10,24-48,54-67H,9,11-22H2,1-8H3/t24-,25+,26+,27+,28-,29+,30-,31+,32-,33-,34+,35+,36-,37+,38-,39-,40-,41+,42+,43+,44+,45+,46-,47-,48-,50-,51+,52+,53?/m0/s1. The highest BCUT2D eigenvalue weighted by molar-refractivity contribution is 5.20. The summed E-state index contributed by atoms with van der Waals surface area (Å²) >= 11 is 0. The minimum absolute atomic E-state index is 0.0508. The van der Waals surface area contributed by atoms with Crippen molar-refractivity contribution in [2.24, 2.45) is 45.3 Å². The van der Waals surface area contributed by atoms with E-state index in [4.69, 9.17) is 37.9 Å². The second kappa shape index (κ2) is 22.7. The monoisotopic (exact) mass is 1080 g/mol. The minimum Gasteiger partial charge on any atom is -0.394 e. The third-order valence-corrected chi connectivity index (χ3v) is 20.5. The van der Waals surface area contributed by atoms with Crippen molar-refractivity contribution in [2.75, 3.05) is 26.4 Å². The first-order valence-electron chi connectivity index (χ1n) is 27.3. The Kier molecular flexibility index (Phi) is 18.1. The number of hydrogen-bond donors (Lipinski definition) is 14. The molecule has 1 unspecified atom stereocenters. The van der Waals surface area contributed by atoms with Gasteiger partial charge in [0.15, 0.2) is 25.2 Å². The maximum absolute atomic E-state index is 12.8. The summed E-state index contributed by atoms with van der Waals surface area (Å²) in [5.41, 5.74) is -1.47. The van der Waals surface area contributed by atoms with E-state index in [2.05, 4.69) is 40.7 Å². The Hall–Kier alpha value is -1.14. The quantitative estimate of drug-likeness (QED) is 0.0614. The molecule has 22 nitrogen and oxygen atoms in total. The third-order valence-electron chi connectivity index (χ3n) is 20.5. The van der Waals surface area contributed by atoms with Crippen molar-refractivity contribution in [3.8, 4) is 0 Å². The van der Waals surface area contributed by atoms with Crippen LogP contribution in [0.3, 0.4) is 0 Å². The van der Waals surface area contributed by atoms with Gasteiger partial charge >= 0.3 is 0 Å². The fourth-order valence-corrected chi connectivity index (χ4v) is 16.1. The van der Waals surface area contributed by atoms with Gasteiger partial charge in [-0.2, -0.15) is 0 Å². The predicted octanol–water partition coefficient (Wildman–Crippen LogP) is -1.56. The topological polar surface area (TPSA) is 357 Å². The third kappa shape index (κ3) is 10.5. The van der Waals surface area contributed by atoms with E-state index in [0.717, 1.165) is 24.8 Å². The zero-order chi connectivity index (χ0) is 55.1. The zero-order valence-electron chi connectivity index (χ0n) is 44.7. The second-order valence-corrected chi connectivity index (χ2v) is 25.3. The Bertz CT molecular complexity index is 1940. The molecule has 4 heterocycles. The van der Waals surface area contributed by atoms with Crippen molar-refractivity contribution >= 4 is 0 Å². The van der Waals surface area contributed by atoms with Gasteiger partial charge in [0.05, 0.1) is 44.2 Å². The Balaban J connectivity index is 1.01. The molecule has 0 aromatic heterocycles. The molecule has 8 rings (SSSR count). The molecule has 0 aromatic rings. The van der Waals surface area contributed by atoms with Gasteiger partial charge in [-0.15, -0.1) is 0 Å². The van der Waals surface area contributed by atoms with Crippen LogP contribution in [0.4, 0.5) is 0 Å². The van der Waals surface area contributed by atoms with Gasteiger partial charge in [-0.25, -0.2) is 0 Å². The van der Waals surface area contributed by atoms with E-state index in [0.29, 0.717) is 38.5 Å². The highest BCUT2D eigenvalue weighted by Crippen LogP contribution is 2.76. The summed E-state index contributed by atoms with van der Waals surface area (Å²) in [6, 6.07) is 0. The Labute approximate surface area is 439 Å². The van der Waals surface area contributed by atoms with Crippen LogP contribution in [0.5, 0.6) is 0 Å². The molecule has 0 radical (unpaired) electrons. The smallest absolute Gasteiger partial charge is 0.187 e. The molecule has 8 fully saturated rings. The van der Waals surface area contributed by atoms with E-state index in [-0.39, 0.29) is 34.5 Å². The van der Waals surface area contributed by atoms with E-state index in [1.54, 1.807) is 0 Å². The lowest BCUT2D eigenvalue weighted by Crippen LogP contribution is -2.68. The van der Waals surface area contributed by atoms with Gasteiger partial charge in [-0.3, -0.25) is 0 Å². The van der Waals surface area contributed by atoms with Crippen LogP contribution in [0.2, 0.25) is 0 Å². The molecule has 4 aliphatic carbocycles. The number of hydrogen-bond acceptors (Lipinski definition) is 22. The summed E-state index contributed by atoms with van der Waals surface area (Å²) in [6.45, 7) is 14.9. The molecule has 0 aromatic carbocycles. The van der Waals surface area contributed by atoms with Crippen molar-refractivity contribution in [2.45, 2.75) is 248 Å². The van der Waals surface area contributed by atoms with Gasteiger partial charge in [0.25, 0.3) is 0 Å². The molecular formula is C53H90O22. The second-order valence-electron chi connectivity index (χ2n) is 25.3. The Morgan fingerprint density at radius 3 is 1.69 bits per heavy atom. The van der Waals surface area contributed by atoms with Crippen LogP contribution < -0.4 is 0 Å². The summed E-state index contributed by atoms with van der Waals surface area (Å²) in [6.07, 6.45) is -22.1. The maximum Gasteiger partial charge on any atom is 0.187 e. The molecule has 0 amide bonds. The van der Waals surface area contributed by atoms with Gasteiger partial charge in [-0.05, 0) is 124 Å². The maximum atomic E-state index is 12.8. The van der Waals surface area contributed by atoms with Crippen molar-refractivity contribution in [1.29, 1.82) is 0 Å². The predicted molar refractivity (Wildman–Crippen MR) is 260 cm³/mol. The number of allylic oxidation sites excluding steroid dienone is 2. The van der Waals surface area contributed by atoms with E-state index in [1.165, 1.54) is 0 Å². The van der Waals surface area contributed by atoms with E-state index >= 15 is 0 Å². The van der Waals surface area contributed by atoms with Crippen LogP contribution in [0.1, 0.15) is 113 Å². The molecule has 29 atom stereocenters. The average molecular weight is 1080 g/mol. The summed E-state index contributed by atoms with van der Waals surface area (Å²) in [5.74, 6) is -0.394. The molecule has 8 aliphatic rings. The van der Waals surface area contributed by atoms with Gasteiger partial charge < -0.3 is 109 Å². The lowest BCUT2D eigenvalue weighted by Gasteiger charge is -2.71. The number of rotatable bonds is 16. The van der Waals surface area contributed by atoms with Crippen LogP contribution in [0.25, 0.3) is 0 Å². The first-order chi connectivity index (χ1) is 35.1. The molecule has 4 saturated carbocycles. The minimum atomic E-state index is -1.81. The van der Waals surface area contributed by atoms with Crippen molar-refractivity contribution in [3.63, 3.8) is 0 Å². The average Bonchev–Trinajstić information content (AvgIpc) is 3.89. The molecular weight excluding hydrogens is 989 g/mol. The fourth-order valence-electron chi connectivity index (χ4n) is 16.1. The summed E-state index contributed by atoms with van der Waals surface area (Å²) < 4.78 is 48.9. The number of ether oxygens (including phenoxy) is 8. The first kappa shape index (κ1) is 60.0. The van der Waals surface area contributed by atoms with Gasteiger partial charge in [-0.1, -0.05) is 46.3 Å². The molecule has 14 N–H and O–H groups in total. The van der Waals surface area contributed by atoms with E-state index in [1.807, 2.05) is 20.8 Å². The van der Waals surface area contributed by atoms with Crippen LogP contribution in [-0.2, 0) is 37.9 Å². The van der Waals surface area contributed by atoms with Gasteiger partial charge in [0, 0.05) is 0 Å². The molecule has 4 saturated heterocycles. The summed E-state index contributed by atoms with van der Waals surface area (Å²) in [5, 5.41) is 151. The Morgan fingerprint density at radius 1 is 0.560 bits per heavy atom. The van der Waals surface area contributed by atoms with Crippen molar-refractivity contribution < 1.29 is 109 Å². The van der Waals surface area contributed by atoms with E-state index in [9.17, 15) is 71.5 Å². The van der Waals surface area contributed by atoms with Gasteiger partial charge in [0.2, 0.25) is 0 Å². The fraction of sp³-hybridized carbons (Fsp3) is 0.962. The molecule has 434 valence electrons. The van der Waals surface area contributed by atoms with Gasteiger partial charge in [0.1, 0.15) is 91.6 Å². The summed E-state index contributed by atoms with van der Waals surface area (Å²) in [4.78, 5) is 0. The first-order valence-corrected chi connectivity index (χ1v) is 27.3. The molecule has 0 spiro atoms. The van der Waals surface area contributed by atoms with Crippen LogP contribution in [-0.4, -0.2) is 232 Å². The van der Waals surface area contributed by atoms with Crippen LogP contribution >= 0.6 is 0 Å². The molecule has 22 heteroatoms. The lowest BCUT2D eigenvalue weighted by molar-refractivity contribution is -0.378. The molecule has 0 bridgehead atoms. The molecule has 75 heavy (non-hydrogen) atoms. The molecule has 4 aliphatic heterocycles. The number of aliphatic hydroxyl groups excluding tert-OH is 14. The highest BCUT2D eigenvalue weighted by atomic mass is 16.8. The Morgan fingerprint density at radius 2 is 1.08 bits per heavy atom. The van der Waals surface area contributed by atoms with Crippen LogP contribution in [0, 0.1) is 45.3 Å². The normalized spacial score (nSPS) is 52.6. The van der Waals surface area contributed by atoms with Crippen molar-refractivity contribution in [3.05, 3.63) is 11.6 Å². The number of aliphatic hydroxyl groups is 14. The lowest BCUT2D eigenvalue weighted by atomic mass is 9.35. The zero-order valence-corrected chi connectivity index (χ0v) is 44.7. The van der Waals surface area contributed by atoms with Crippen molar-refractivity contribution in [1.82, 2.24) is 0 Å². The largest absolute Gasteiger partial charge is 0.394 e. The van der Waals surface area contributed by atoms with Crippen LogP contribution in [0.15, 0.2) is 11.6 Å². The van der Waals surface area contributed by atoms with E-state index < -0.39 is 172 Å². The SMILES string of the molecule is CC(C)=CCCC(C)(O[C@@H]1O[C@H](CO[C@@H]2O[C@@H](CO)[C@H](O)[C@H]2O)[C@@H](O)[C@H](O)[C@H]1O)[C@H]1CC[C@]2(C)[C@@H]1[C@H](O)C[C@@H]1[C@@]3(C)CC[C@H](O[C@@H]4O[C@H](CO)[C@@H](O)[C@H](O)[C@H]4O[C@@H]4O[C@H](CO)[C@@H](O)[C@H](O)[C@H]4O)C(C)(C)[C@@H]3CC[C@]12C. The number of fused-ring (bicyclic) bond motifs is 5. The highest BCUT2D eigenvalue weighted by Gasteiger charge is 2.72. The summed E-state index contributed by atoms with van der Waals surface area (Å²) in [7, 11) is 0.